The van der Waals surface area contributed by atoms with Gasteiger partial charge in [0.05, 0.1) is 23.2 Å². The highest BCUT2D eigenvalue weighted by molar-refractivity contribution is 7.95. The normalized spacial score (nSPS) is 16.8. The third kappa shape index (κ3) is 3.21. The van der Waals surface area contributed by atoms with Gasteiger partial charge in [0, 0.05) is 6.54 Å². The molecule has 1 unspecified atom stereocenters. The van der Waals surface area contributed by atoms with Crippen LogP contribution in [0.1, 0.15) is 26.2 Å². The summed E-state index contributed by atoms with van der Waals surface area (Å²) < 4.78 is 42.7. The van der Waals surface area contributed by atoms with Crippen molar-refractivity contribution in [3.05, 3.63) is 54.3 Å². The van der Waals surface area contributed by atoms with Crippen molar-refractivity contribution >= 4 is 27.3 Å². The zero-order valence-electron chi connectivity index (χ0n) is 14.0. The minimum absolute atomic E-state index is 0.00560. The Hall–Kier alpha value is -2.12. The monoisotopic (exact) mass is 364 g/mol. The maximum absolute atomic E-state index is 14.3. The molecule has 0 spiro atoms. The summed E-state index contributed by atoms with van der Waals surface area (Å²) in [5.74, 6) is -0.593. The first kappa shape index (κ1) is 17.7. The average Bonchev–Trinajstić information content (AvgIpc) is 2.82. The lowest BCUT2D eigenvalue weighted by atomic mass is 10.1. The van der Waals surface area contributed by atoms with Gasteiger partial charge >= 0.3 is 10.2 Å². The molecule has 0 radical (unpaired) electrons. The van der Waals surface area contributed by atoms with Gasteiger partial charge in [-0.05, 0) is 43.5 Å². The molecule has 0 fully saturated rings. The molecule has 25 heavy (non-hydrogen) atoms. The van der Waals surface area contributed by atoms with Gasteiger partial charge in [-0.25, -0.2) is 8.70 Å². The zero-order chi connectivity index (χ0) is 18.0. The third-order valence-electron chi connectivity index (χ3n) is 4.32. The fourth-order valence-electron chi connectivity index (χ4n) is 2.97. The zero-order valence-corrected chi connectivity index (χ0v) is 14.8. The molecule has 2 aromatic rings. The molecular formula is C18H21FN2O3S. The molecule has 3 rings (SSSR count). The van der Waals surface area contributed by atoms with E-state index in [2.05, 4.69) is 0 Å². The Kier molecular flexibility index (Phi) is 4.96. The van der Waals surface area contributed by atoms with Crippen LogP contribution in [0, 0.1) is 5.82 Å². The maximum atomic E-state index is 14.3. The Labute approximate surface area is 147 Å². The van der Waals surface area contributed by atoms with Crippen molar-refractivity contribution in [3.63, 3.8) is 0 Å². The number of fused-ring (bicyclic) bond motifs is 1. The van der Waals surface area contributed by atoms with Crippen LogP contribution in [0.25, 0.3) is 0 Å². The molecule has 0 amide bonds. The molecule has 1 heterocycles. The molecule has 5 nitrogen and oxygen atoms in total. The summed E-state index contributed by atoms with van der Waals surface area (Å²) in [5, 5.41) is 9.70. The predicted octanol–water partition coefficient (Wildman–Crippen LogP) is 3.58. The number of hydrogen-bond donors (Lipinski definition) is 1. The summed E-state index contributed by atoms with van der Waals surface area (Å²) in [5.41, 5.74) is 0.964. The highest BCUT2D eigenvalue weighted by Crippen LogP contribution is 2.45. The minimum atomic E-state index is -3.92. The van der Waals surface area contributed by atoms with Crippen LogP contribution in [0.5, 0.6) is 0 Å². The Morgan fingerprint density at radius 3 is 2.28 bits per heavy atom. The van der Waals surface area contributed by atoms with Gasteiger partial charge in [0.1, 0.15) is 5.82 Å². The summed E-state index contributed by atoms with van der Waals surface area (Å²) in [6.45, 7) is 2.12. The number of halogens is 1. The van der Waals surface area contributed by atoms with Gasteiger partial charge in [0.15, 0.2) is 0 Å². The number of rotatable bonds is 6. The first-order chi connectivity index (χ1) is 12.0. The van der Waals surface area contributed by atoms with E-state index in [9.17, 15) is 17.9 Å². The number of aliphatic hydroxyl groups excluding tert-OH is 1. The van der Waals surface area contributed by atoms with Gasteiger partial charge in [-0.3, -0.25) is 4.31 Å². The van der Waals surface area contributed by atoms with E-state index in [0.29, 0.717) is 30.6 Å². The van der Waals surface area contributed by atoms with Crippen molar-refractivity contribution in [2.45, 2.75) is 32.3 Å². The van der Waals surface area contributed by atoms with Crippen LogP contribution < -0.4 is 8.61 Å². The lowest BCUT2D eigenvalue weighted by molar-refractivity contribution is 0.158. The second-order valence-electron chi connectivity index (χ2n) is 5.99. The largest absolute Gasteiger partial charge is 0.393 e. The van der Waals surface area contributed by atoms with Gasteiger partial charge in [-0.2, -0.15) is 8.42 Å². The first-order valence-electron chi connectivity index (χ1n) is 8.31. The van der Waals surface area contributed by atoms with E-state index >= 15 is 0 Å². The molecule has 2 aromatic carbocycles. The van der Waals surface area contributed by atoms with Crippen molar-refractivity contribution in [3.8, 4) is 0 Å². The smallest absolute Gasteiger partial charge is 0.331 e. The van der Waals surface area contributed by atoms with E-state index < -0.39 is 22.1 Å². The van der Waals surface area contributed by atoms with Crippen LogP contribution in [-0.4, -0.2) is 26.2 Å². The number of para-hydroxylation sites is 3. The van der Waals surface area contributed by atoms with Crippen molar-refractivity contribution in [1.29, 1.82) is 0 Å². The first-order valence-corrected chi connectivity index (χ1v) is 9.71. The molecule has 0 saturated carbocycles. The Morgan fingerprint density at radius 2 is 1.64 bits per heavy atom. The Bertz CT molecular complexity index is 857. The summed E-state index contributed by atoms with van der Waals surface area (Å²) in [6.07, 6.45) is 1.23. The van der Waals surface area contributed by atoms with Gasteiger partial charge < -0.3 is 5.11 Å². The van der Waals surface area contributed by atoms with Crippen LogP contribution in [0.2, 0.25) is 0 Å². The van der Waals surface area contributed by atoms with E-state index in [1.54, 1.807) is 30.3 Å². The summed E-state index contributed by atoms with van der Waals surface area (Å²) >= 11 is 0. The Balaban J connectivity index is 1.98. The molecule has 1 aliphatic heterocycles. The molecule has 0 aliphatic carbocycles. The standard InChI is InChI=1S/C18H21FN2O3S/c1-2-14(22)8-7-13-20-17-11-5-6-12-18(17)21(25(20,23)24)16-10-4-3-9-15(16)19/h3-6,9-12,14,22H,2,7-8,13H2,1H3. The predicted molar refractivity (Wildman–Crippen MR) is 96.8 cm³/mol. The average molecular weight is 364 g/mol. The van der Waals surface area contributed by atoms with Gasteiger partial charge in [-0.15, -0.1) is 0 Å². The minimum Gasteiger partial charge on any atom is -0.393 e. The summed E-state index contributed by atoms with van der Waals surface area (Å²) in [7, 11) is -3.92. The number of aliphatic hydroxyl groups is 1. The van der Waals surface area contributed by atoms with Crippen LogP contribution >= 0.6 is 0 Å². The number of hydrogen-bond acceptors (Lipinski definition) is 3. The van der Waals surface area contributed by atoms with E-state index in [0.717, 1.165) is 4.31 Å². The topological polar surface area (TPSA) is 60.9 Å². The quantitative estimate of drug-likeness (QED) is 0.852. The maximum Gasteiger partial charge on any atom is 0.331 e. The molecule has 0 saturated heterocycles. The van der Waals surface area contributed by atoms with E-state index in [1.807, 2.05) is 6.92 Å². The lowest BCUT2D eigenvalue weighted by Gasteiger charge is -2.22. The van der Waals surface area contributed by atoms with Crippen molar-refractivity contribution in [1.82, 2.24) is 0 Å². The Morgan fingerprint density at radius 1 is 1.04 bits per heavy atom. The molecule has 1 atom stereocenters. The van der Waals surface area contributed by atoms with Crippen LogP contribution in [0.15, 0.2) is 48.5 Å². The van der Waals surface area contributed by atoms with Crippen molar-refractivity contribution < 1.29 is 17.9 Å². The molecule has 0 bridgehead atoms. The summed E-state index contributed by atoms with van der Waals surface area (Å²) in [6, 6.07) is 12.7. The van der Waals surface area contributed by atoms with E-state index in [-0.39, 0.29) is 12.2 Å². The van der Waals surface area contributed by atoms with Gasteiger partial charge in [0.2, 0.25) is 0 Å². The molecular weight excluding hydrogens is 343 g/mol. The highest BCUT2D eigenvalue weighted by Gasteiger charge is 2.41. The molecule has 7 heteroatoms. The van der Waals surface area contributed by atoms with Crippen LogP contribution in [0.4, 0.5) is 21.5 Å². The highest BCUT2D eigenvalue weighted by atomic mass is 32.2. The van der Waals surface area contributed by atoms with Crippen molar-refractivity contribution in [2.24, 2.45) is 0 Å². The molecule has 134 valence electrons. The SMILES string of the molecule is CCC(O)CCCN1c2ccccc2N(c2ccccc2F)S1(=O)=O. The van der Waals surface area contributed by atoms with Crippen molar-refractivity contribution in [2.75, 3.05) is 15.2 Å². The summed E-state index contributed by atoms with van der Waals surface area (Å²) in [4.78, 5) is 0. The lowest BCUT2D eigenvalue weighted by Crippen LogP contribution is -2.36. The number of benzene rings is 2. The second kappa shape index (κ2) is 7.01. The number of anilines is 3. The van der Waals surface area contributed by atoms with Gasteiger partial charge in [-0.1, -0.05) is 31.2 Å². The van der Waals surface area contributed by atoms with Crippen LogP contribution in [0.3, 0.4) is 0 Å². The van der Waals surface area contributed by atoms with E-state index in [1.165, 1.54) is 22.5 Å². The van der Waals surface area contributed by atoms with E-state index in [4.69, 9.17) is 0 Å². The fraction of sp³-hybridized carbons (Fsp3) is 0.333. The third-order valence-corrected chi connectivity index (χ3v) is 6.11. The molecule has 1 N–H and O–H groups in total. The van der Waals surface area contributed by atoms with Crippen LogP contribution in [-0.2, 0) is 10.2 Å². The molecule has 0 aromatic heterocycles. The second-order valence-corrected chi connectivity index (χ2v) is 7.69. The molecule has 1 aliphatic rings. The fourth-order valence-corrected chi connectivity index (χ4v) is 4.73. The van der Waals surface area contributed by atoms with Gasteiger partial charge in [0.25, 0.3) is 0 Å². The number of nitrogens with zero attached hydrogens (tertiary/aromatic N) is 2.